The number of hydrogen-bond acceptors (Lipinski definition) is 4. The minimum absolute atomic E-state index is 0.0252. The molecule has 0 saturated carbocycles. The van der Waals surface area contributed by atoms with Gasteiger partial charge in [0.15, 0.2) is 0 Å². The third-order valence-corrected chi connectivity index (χ3v) is 3.77. The number of hydrogen-bond donors (Lipinski definition) is 1. The maximum atomic E-state index is 12.3. The largest absolute Gasteiger partial charge is 0.461 e. The molecule has 2 rings (SSSR count). The van der Waals surface area contributed by atoms with Crippen molar-refractivity contribution in [3.05, 3.63) is 65.7 Å². The molecule has 25 heavy (non-hydrogen) atoms. The molecular formula is C21H26N2O2. The quantitative estimate of drug-likeness (QED) is 0.477. The Hall–Kier alpha value is -2.62. The minimum atomic E-state index is -0.396. The van der Waals surface area contributed by atoms with Gasteiger partial charge in [-0.3, -0.25) is 5.43 Å². The van der Waals surface area contributed by atoms with Crippen LogP contribution in [0.3, 0.4) is 0 Å². The molecule has 0 heterocycles. The van der Waals surface area contributed by atoms with Gasteiger partial charge in [-0.1, -0.05) is 69.3 Å². The summed E-state index contributed by atoms with van der Waals surface area (Å²) in [7, 11) is 0. The summed E-state index contributed by atoms with van der Waals surface area (Å²) in [5.41, 5.74) is 6.45. The van der Waals surface area contributed by atoms with Crippen LogP contribution in [0.25, 0.3) is 0 Å². The number of esters is 1. The Morgan fingerprint density at radius 3 is 2.32 bits per heavy atom. The van der Waals surface area contributed by atoms with Crippen LogP contribution in [0, 0.1) is 0 Å². The van der Waals surface area contributed by atoms with Gasteiger partial charge < -0.3 is 4.74 Å². The lowest BCUT2D eigenvalue weighted by Crippen LogP contribution is -2.22. The molecule has 0 fully saturated rings. The van der Waals surface area contributed by atoms with Gasteiger partial charge in [0.1, 0.15) is 5.71 Å². The van der Waals surface area contributed by atoms with Crippen LogP contribution >= 0.6 is 0 Å². The Kier molecular flexibility index (Phi) is 6.34. The predicted molar refractivity (Wildman–Crippen MR) is 103 cm³/mol. The average molecular weight is 338 g/mol. The third-order valence-electron chi connectivity index (χ3n) is 3.77. The van der Waals surface area contributed by atoms with Crippen molar-refractivity contribution in [1.29, 1.82) is 0 Å². The number of hydrazone groups is 1. The summed E-state index contributed by atoms with van der Waals surface area (Å²) in [5.74, 6) is -0.396. The minimum Gasteiger partial charge on any atom is -0.461 e. The van der Waals surface area contributed by atoms with Crippen LogP contribution in [0.4, 0.5) is 5.69 Å². The first kappa shape index (κ1) is 18.7. The Morgan fingerprint density at radius 2 is 1.68 bits per heavy atom. The lowest BCUT2D eigenvalue weighted by molar-refractivity contribution is -0.135. The van der Waals surface area contributed by atoms with E-state index in [0.717, 1.165) is 16.8 Å². The molecule has 0 aliphatic carbocycles. The second-order valence-electron chi connectivity index (χ2n) is 6.85. The van der Waals surface area contributed by atoms with Crippen LogP contribution in [-0.2, 0) is 21.4 Å². The van der Waals surface area contributed by atoms with Crippen molar-refractivity contribution in [2.75, 3.05) is 12.0 Å². The van der Waals surface area contributed by atoms with Gasteiger partial charge in [0.05, 0.1) is 12.3 Å². The first-order valence-corrected chi connectivity index (χ1v) is 8.55. The molecule has 0 aliphatic heterocycles. The number of anilines is 1. The SMILES string of the molecule is CCOC(=O)/C(Cc1ccccc1)=N/Nc1ccccc1C(C)(C)C. The molecule has 0 bridgehead atoms. The van der Waals surface area contributed by atoms with E-state index in [-0.39, 0.29) is 5.41 Å². The van der Waals surface area contributed by atoms with E-state index < -0.39 is 5.97 Å². The molecule has 0 unspecified atom stereocenters. The summed E-state index contributed by atoms with van der Waals surface area (Å²) >= 11 is 0. The summed E-state index contributed by atoms with van der Waals surface area (Å²) in [5, 5.41) is 4.37. The summed E-state index contributed by atoms with van der Waals surface area (Å²) in [6.07, 6.45) is 0.421. The zero-order chi connectivity index (χ0) is 18.3. The average Bonchev–Trinajstić information content (AvgIpc) is 2.59. The Morgan fingerprint density at radius 1 is 1.04 bits per heavy atom. The van der Waals surface area contributed by atoms with Gasteiger partial charge in [0.25, 0.3) is 0 Å². The summed E-state index contributed by atoms with van der Waals surface area (Å²) in [6.45, 7) is 8.56. The van der Waals surface area contributed by atoms with Crippen LogP contribution in [-0.4, -0.2) is 18.3 Å². The molecule has 4 nitrogen and oxygen atoms in total. The Bertz CT molecular complexity index is 731. The summed E-state index contributed by atoms with van der Waals surface area (Å²) in [4.78, 5) is 12.3. The first-order valence-electron chi connectivity index (χ1n) is 8.55. The van der Waals surface area contributed by atoms with Crippen LogP contribution in [0.2, 0.25) is 0 Å². The second-order valence-corrected chi connectivity index (χ2v) is 6.85. The molecule has 0 aliphatic rings. The van der Waals surface area contributed by atoms with Crippen LogP contribution < -0.4 is 5.43 Å². The van der Waals surface area contributed by atoms with E-state index in [1.165, 1.54) is 0 Å². The lowest BCUT2D eigenvalue weighted by Gasteiger charge is -2.22. The van der Waals surface area contributed by atoms with E-state index in [4.69, 9.17) is 4.74 Å². The first-order chi connectivity index (χ1) is 11.9. The third kappa shape index (κ3) is 5.45. The van der Waals surface area contributed by atoms with Crippen LogP contribution in [0.15, 0.2) is 59.7 Å². The highest BCUT2D eigenvalue weighted by molar-refractivity contribution is 6.37. The second kappa shape index (κ2) is 8.47. The van der Waals surface area contributed by atoms with Gasteiger partial charge in [0.2, 0.25) is 0 Å². The zero-order valence-corrected chi connectivity index (χ0v) is 15.4. The van der Waals surface area contributed by atoms with Crippen molar-refractivity contribution in [3.8, 4) is 0 Å². The van der Waals surface area contributed by atoms with Crippen LogP contribution in [0.5, 0.6) is 0 Å². The van der Waals surface area contributed by atoms with Gasteiger partial charge in [0, 0.05) is 6.42 Å². The predicted octanol–water partition coefficient (Wildman–Crippen LogP) is 4.56. The molecule has 0 spiro atoms. The lowest BCUT2D eigenvalue weighted by atomic mass is 9.86. The smallest absolute Gasteiger partial charge is 0.354 e. The number of nitrogens with zero attached hydrogens (tertiary/aromatic N) is 1. The zero-order valence-electron chi connectivity index (χ0n) is 15.4. The molecule has 0 saturated heterocycles. The highest BCUT2D eigenvalue weighted by Gasteiger charge is 2.18. The van der Waals surface area contributed by atoms with Crippen molar-refractivity contribution >= 4 is 17.4 Å². The summed E-state index contributed by atoms with van der Waals surface area (Å²) < 4.78 is 5.15. The fraction of sp³-hybridized carbons (Fsp3) is 0.333. The van der Waals surface area contributed by atoms with E-state index in [9.17, 15) is 4.79 Å². The van der Waals surface area contributed by atoms with E-state index in [2.05, 4.69) is 37.4 Å². The topological polar surface area (TPSA) is 50.7 Å². The molecule has 2 aromatic carbocycles. The molecule has 4 heteroatoms. The molecule has 0 aromatic heterocycles. The molecule has 132 valence electrons. The van der Waals surface area contributed by atoms with Crippen molar-refractivity contribution in [2.45, 2.75) is 39.5 Å². The van der Waals surface area contributed by atoms with Gasteiger partial charge in [-0.05, 0) is 29.5 Å². The van der Waals surface area contributed by atoms with Gasteiger partial charge in [-0.15, -0.1) is 0 Å². The van der Waals surface area contributed by atoms with E-state index >= 15 is 0 Å². The molecule has 0 atom stereocenters. The van der Waals surface area contributed by atoms with Gasteiger partial charge in [-0.2, -0.15) is 5.10 Å². The van der Waals surface area contributed by atoms with E-state index in [0.29, 0.717) is 18.7 Å². The fourth-order valence-electron chi connectivity index (χ4n) is 2.52. The highest BCUT2D eigenvalue weighted by Crippen LogP contribution is 2.29. The fourth-order valence-corrected chi connectivity index (χ4v) is 2.52. The number of para-hydroxylation sites is 1. The van der Waals surface area contributed by atoms with E-state index in [1.54, 1.807) is 6.92 Å². The molecule has 2 aromatic rings. The van der Waals surface area contributed by atoms with Crippen molar-refractivity contribution in [2.24, 2.45) is 5.10 Å². The Balaban J connectivity index is 2.27. The van der Waals surface area contributed by atoms with Crippen molar-refractivity contribution < 1.29 is 9.53 Å². The van der Waals surface area contributed by atoms with Crippen LogP contribution in [0.1, 0.15) is 38.8 Å². The molecule has 1 N–H and O–H groups in total. The maximum Gasteiger partial charge on any atom is 0.354 e. The highest BCUT2D eigenvalue weighted by atomic mass is 16.5. The monoisotopic (exact) mass is 338 g/mol. The molecule has 0 radical (unpaired) electrons. The van der Waals surface area contributed by atoms with Gasteiger partial charge >= 0.3 is 5.97 Å². The normalized spacial score (nSPS) is 11.9. The number of benzene rings is 2. The van der Waals surface area contributed by atoms with Gasteiger partial charge in [-0.25, -0.2) is 4.79 Å². The Labute approximate surface area is 149 Å². The number of carbonyl (C=O) groups excluding carboxylic acids is 1. The van der Waals surface area contributed by atoms with E-state index in [1.807, 2.05) is 48.5 Å². The maximum absolute atomic E-state index is 12.3. The number of nitrogens with one attached hydrogen (secondary N) is 1. The number of rotatable bonds is 6. The van der Waals surface area contributed by atoms with Crippen molar-refractivity contribution in [3.63, 3.8) is 0 Å². The number of carbonyl (C=O) groups is 1. The molecule has 0 amide bonds. The number of ether oxygens (including phenoxy) is 1. The van der Waals surface area contributed by atoms with Crippen molar-refractivity contribution in [1.82, 2.24) is 0 Å². The summed E-state index contributed by atoms with van der Waals surface area (Å²) in [6, 6.07) is 17.8. The standard InChI is InChI=1S/C21H26N2O2/c1-5-25-20(24)19(15-16-11-7-6-8-12-16)23-22-18-14-10-9-13-17(18)21(2,3)4/h6-14,22H,5,15H2,1-4H3/b23-19+. The molecular weight excluding hydrogens is 312 g/mol.